The zero-order valence-corrected chi connectivity index (χ0v) is 11.3. The molecule has 0 fully saturated rings. The number of hydrogen-bond acceptors (Lipinski definition) is 5. The smallest absolute Gasteiger partial charge is 0.226 e. The number of benzene rings is 1. The Morgan fingerprint density at radius 3 is 2.95 bits per heavy atom. The lowest BCUT2D eigenvalue weighted by Gasteiger charge is -2.03. The maximum atomic E-state index is 5.06. The van der Waals surface area contributed by atoms with E-state index in [4.69, 9.17) is 4.74 Å². The van der Waals surface area contributed by atoms with Crippen LogP contribution in [0.3, 0.4) is 0 Å². The van der Waals surface area contributed by atoms with E-state index in [9.17, 15) is 0 Å². The Bertz CT molecular complexity index is 737. The highest BCUT2D eigenvalue weighted by Crippen LogP contribution is 2.16. The molecule has 0 amide bonds. The molecule has 0 aliphatic heterocycles. The van der Waals surface area contributed by atoms with E-state index in [1.165, 1.54) is 0 Å². The van der Waals surface area contributed by atoms with Gasteiger partial charge in [-0.15, -0.1) is 0 Å². The summed E-state index contributed by atoms with van der Waals surface area (Å²) in [7, 11) is 1.58. The first-order valence-corrected chi connectivity index (χ1v) is 6.31. The van der Waals surface area contributed by atoms with E-state index in [2.05, 4.69) is 25.3 Å². The van der Waals surface area contributed by atoms with Gasteiger partial charge in [-0.05, 0) is 18.6 Å². The molecule has 0 aliphatic carbocycles. The Morgan fingerprint density at radius 1 is 1.25 bits per heavy atom. The maximum Gasteiger partial charge on any atom is 0.226 e. The standard InChI is InChI=1S/C14H15N5O/c1-9-4-3-5-10-13(9)18-11(17-10)8-16-14-15-7-6-12(19-14)20-2/h3-7H,8H2,1-2H3,(H,17,18)(H,15,16,19). The van der Waals surface area contributed by atoms with Crippen LogP contribution in [0, 0.1) is 6.92 Å². The van der Waals surface area contributed by atoms with E-state index in [0.717, 1.165) is 22.4 Å². The first-order chi connectivity index (χ1) is 9.76. The monoisotopic (exact) mass is 269 g/mol. The van der Waals surface area contributed by atoms with Crippen molar-refractivity contribution in [1.82, 2.24) is 19.9 Å². The Morgan fingerprint density at radius 2 is 2.15 bits per heavy atom. The molecule has 102 valence electrons. The molecule has 0 aliphatic rings. The number of nitrogens with one attached hydrogen (secondary N) is 2. The summed E-state index contributed by atoms with van der Waals surface area (Å²) in [5, 5.41) is 3.12. The van der Waals surface area contributed by atoms with E-state index in [-0.39, 0.29) is 0 Å². The van der Waals surface area contributed by atoms with Gasteiger partial charge in [-0.1, -0.05) is 12.1 Å². The largest absolute Gasteiger partial charge is 0.481 e. The highest BCUT2D eigenvalue weighted by atomic mass is 16.5. The minimum atomic E-state index is 0.515. The second-order valence-corrected chi connectivity index (χ2v) is 4.43. The second kappa shape index (κ2) is 5.16. The van der Waals surface area contributed by atoms with Crippen LogP contribution in [-0.4, -0.2) is 27.0 Å². The minimum absolute atomic E-state index is 0.515. The van der Waals surface area contributed by atoms with E-state index < -0.39 is 0 Å². The first-order valence-electron chi connectivity index (χ1n) is 6.31. The molecule has 6 nitrogen and oxygen atoms in total. The third-order valence-corrected chi connectivity index (χ3v) is 3.02. The van der Waals surface area contributed by atoms with Crippen molar-refractivity contribution in [2.24, 2.45) is 0 Å². The molecule has 0 unspecified atom stereocenters. The lowest BCUT2D eigenvalue weighted by atomic mass is 10.2. The average molecular weight is 269 g/mol. The lowest BCUT2D eigenvalue weighted by Crippen LogP contribution is -2.05. The summed E-state index contributed by atoms with van der Waals surface area (Å²) < 4.78 is 5.06. The van der Waals surface area contributed by atoms with Crippen molar-refractivity contribution >= 4 is 17.0 Å². The Hall–Kier alpha value is -2.63. The van der Waals surface area contributed by atoms with Crippen molar-refractivity contribution in [3.63, 3.8) is 0 Å². The molecule has 0 bridgehead atoms. The van der Waals surface area contributed by atoms with Gasteiger partial charge >= 0.3 is 0 Å². The molecular formula is C14H15N5O. The molecule has 0 spiro atoms. The molecule has 20 heavy (non-hydrogen) atoms. The normalized spacial score (nSPS) is 10.7. The van der Waals surface area contributed by atoms with Gasteiger partial charge in [0.2, 0.25) is 11.8 Å². The van der Waals surface area contributed by atoms with E-state index in [0.29, 0.717) is 18.4 Å². The zero-order chi connectivity index (χ0) is 13.9. The molecule has 3 aromatic rings. The van der Waals surface area contributed by atoms with Crippen LogP contribution in [0.1, 0.15) is 11.4 Å². The Balaban J connectivity index is 1.78. The van der Waals surface area contributed by atoms with Gasteiger partial charge in [0.05, 0.1) is 24.7 Å². The molecule has 1 aromatic carbocycles. The van der Waals surface area contributed by atoms with Gasteiger partial charge in [-0.2, -0.15) is 4.98 Å². The van der Waals surface area contributed by atoms with Crippen LogP contribution in [0.5, 0.6) is 5.88 Å². The molecule has 0 saturated carbocycles. The number of nitrogens with zero attached hydrogens (tertiary/aromatic N) is 3. The SMILES string of the molecule is COc1ccnc(NCc2nc3c(C)cccc3[nH]2)n1. The fourth-order valence-corrected chi connectivity index (χ4v) is 2.01. The Kier molecular flexibility index (Phi) is 3.20. The molecule has 2 N–H and O–H groups in total. The van der Waals surface area contributed by atoms with Gasteiger partial charge in [0.25, 0.3) is 0 Å². The summed E-state index contributed by atoms with van der Waals surface area (Å²) in [5.41, 5.74) is 3.19. The molecule has 2 heterocycles. The summed E-state index contributed by atoms with van der Waals surface area (Å²) in [4.78, 5) is 16.2. The molecule has 2 aromatic heterocycles. The summed E-state index contributed by atoms with van der Waals surface area (Å²) in [6.45, 7) is 2.58. The number of H-pyrrole nitrogens is 1. The van der Waals surface area contributed by atoms with Gasteiger partial charge < -0.3 is 15.0 Å². The minimum Gasteiger partial charge on any atom is -0.481 e. The van der Waals surface area contributed by atoms with E-state index in [1.54, 1.807) is 19.4 Å². The van der Waals surface area contributed by atoms with Gasteiger partial charge in [-0.25, -0.2) is 9.97 Å². The number of methoxy groups -OCH3 is 1. The van der Waals surface area contributed by atoms with Crippen LogP contribution in [-0.2, 0) is 6.54 Å². The van der Waals surface area contributed by atoms with Crippen molar-refractivity contribution < 1.29 is 4.74 Å². The summed E-state index contributed by atoms with van der Waals surface area (Å²) in [6.07, 6.45) is 1.65. The van der Waals surface area contributed by atoms with Crippen LogP contribution in [0.25, 0.3) is 11.0 Å². The number of aromatic amines is 1. The van der Waals surface area contributed by atoms with Gasteiger partial charge in [0, 0.05) is 12.3 Å². The number of aromatic nitrogens is 4. The van der Waals surface area contributed by atoms with Gasteiger partial charge in [0.15, 0.2) is 0 Å². The summed E-state index contributed by atoms with van der Waals surface area (Å²) in [5.74, 6) is 1.89. The molecular weight excluding hydrogens is 254 g/mol. The highest BCUT2D eigenvalue weighted by molar-refractivity contribution is 5.78. The number of hydrogen-bond donors (Lipinski definition) is 2. The molecule has 0 saturated heterocycles. The summed E-state index contributed by atoms with van der Waals surface area (Å²) >= 11 is 0. The average Bonchev–Trinajstić information content (AvgIpc) is 2.90. The van der Waals surface area contributed by atoms with Crippen molar-refractivity contribution in [1.29, 1.82) is 0 Å². The quantitative estimate of drug-likeness (QED) is 0.760. The zero-order valence-electron chi connectivity index (χ0n) is 11.3. The molecule has 6 heteroatoms. The van der Waals surface area contributed by atoms with Crippen molar-refractivity contribution in [3.05, 3.63) is 41.9 Å². The van der Waals surface area contributed by atoms with Crippen LogP contribution >= 0.6 is 0 Å². The molecule has 0 atom stereocenters. The van der Waals surface area contributed by atoms with Crippen molar-refractivity contribution in [2.75, 3.05) is 12.4 Å². The maximum absolute atomic E-state index is 5.06. The van der Waals surface area contributed by atoms with Crippen LogP contribution in [0.2, 0.25) is 0 Å². The predicted molar refractivity (Wildman–Crippen MR) is 76.7 cm³/mol. The Labute approximate surface area is 116 Å². The third kappa shape index (κ3) is 2.40. The number of fused-ring (bicyclic) bond motifs is 1. The molecule has 3 rings (SSSR count). The second-order valence-electron chi connectivity index (χ2n) is 4.43. The van der Waals surface area contributed by atoms with E-state index in [1.807, 2.05) is 25.1 Å². The van der Waals surface area contributed by atoms with Gasteiger partial charge in [-0.3, -0.25) is 0 Å². The first kappa shape index (κ1) is 12.4. The number of rotatable bonds is 4. The highest BCUT2D eigenvalue weighted by Gasteiger charge is 2.05. The summed E-state index contributed by atoms with van der Waals surface area (Å²) in [6, 6.07) is 7.78. The van der Waals surface area contributed by atoms with Crippen molar-refractivity contribution in [2.45, 2.75) is 13.5 Å². The number of imidazole rings is 1. The van der Waals surface area contributed by atoms with Crippen LogP contribution in [0.4, 0.5) is 5.95 Å². The third-order valence-electron chi connectivity index (χ3n) is 3.02. The number of anilines is 1. The molecule has 0 radical (unpaired) electrons. The van der Waals surface area contributed by atoms with Crippen LogP contribution < -0.4 is 10.1 Å². The topological polar surface area (TPSA) is 75.7 Å². The fraction of sp³-hybridized carbons (Fsp3) is 0.214. The number of para-hydroxylation sites is 1. The van der Waals surface area contributed by atoms with E-state index >= 15 is 0 Å². The predicted octanol–water partition coefficient (Wildman–Crippen LogP) is 2.28. The van der Waals surface area contributed by atoms with Gasteiger partial charge in [0.1, 0.15) is 5.82 Å². The van der Waals surface area contributed by atoms with Crippen molar-refractivity contribution in [3.8, 4) is 5.88 Å². The fourth-order valence-electron chi connectivity index (χ4n) is 2.01. The van der Waals surface area contributed by atoms with Crippen LogP contribution in [0.15, 0.2) is 30.5 Å². The number of ether oxygens (including phenoxy) is 1. The number of aryl methyl sites for hydroxylation is 1. The lowest BCUT2D eigenvalue weighted by molar-refractivity contribution is 0.397.